The first kappa shape index (κ1) is 17.5. The van der Waals surface area contributed by atoms with Gasteiger partial charge in [0.15, 0.2) is 0 Å². The summed E-state index contributed by atoms with van der Waals surface area (Å²) < 4.78 is 10.7. The molecule has 0 spiro atoms. The summed E-state index contributed by atoms with van der Waals surface area (Å²) in [5, 5.41) is 41.9. The molecule has 9 heteroatoms. The molecule has 0 bridgehead atoms. The van der Waals surface area contributed by atoms with E-state index in [-0.39, 0.29) is 0 Å². The maximum atomic E-state index is 9.89. The average Bonchev–Trinajstić information content (AvgIpc) is 2.57. The Morgan fingerprint density at radius 3 is 2.43 bits per heavy atom. The maximum absolute atomic E-state index is 9.89. The highest BCUT2D eigenvalue weighted by Gasteiger charge is 2.44. The van der Waals surface area contributed by atoms with Crippen LogP contribution in [0.1, 0.15) is 5.56 Å². The first-order valence-corrected chi connectivity index (χ1v) is 7.13. The molecule has 9 nitrogen and oxygen atoms in total. The van der Waals surface area contributed by atoms with E-state index in [4.69, 9.17) is 20.1 Å². The highest BCUT2D eigenvalue weighted by Crippen LogP contribution is 2.24. The van der Waals surface area contributed by atoms with Crippen molar-refractivity contribution in [1.82, 2.24) is 0 Å². The van der Waals surface area contributed by atoms with Crippen LogP contribution in [0.2, 0.25) is 0 Å². The Bertz CT molecular complexity index is 546. The van der Waals surface area contributed by atoms with Crippen LogP contribution in [-0.2, 0) is 11.2 Å². The zero-order chi connectivity index (χ0) is 16.8. The van der Waals surface area contributed by atoms with Crippen molar-refractivity contribution in [2.24, 2.45) is 5.11 Å². The van der Waals surface area contributed by atoms with Crippen molar-refractivity contribution in [3.63, 3.8) is 0 Å². The molecule has 1 fully saturated rings. The van der Waals surface area contributed by atoms with Gasteiger partial charge in [-0.1, -0.05) is 17.2 Å². The van der Waals surface area contributed by atoms with E-state index in [9.17, 15) is 15.3 Å². The van der Waals surface area contributed by atoms with E-state index in [2.05, 4.69) is 10.0 Å². The Balaban J connectivity index is 1.99. The minimum atomic E-state index is -1.48. The van der Waals surface area contributed by atoms with Crippen LogP contribution in [0.15, 0.2) is 29.4 Å². The molecule has 0 aromatic heterocycles. The van der Waals surface area contributed by atoms with E-state index in [0.29, 0.717) is 18.7 Å². The van der Waals surface area contributed by atoms with Gasteiger partial charge in [-0.05, 0) is 29.6 Å². The molecule has 1 aliphatic rings. The molecule has 0 aliphatic carbocycles. The molecule has 5 atom stereocenters. The molecular formula is C14H19N3O6. The molecular weight excluding hydrogens is 306 g/mol. The highest BCUT2D eigenvalue weighted by atomic mass is 16.7. The lowest BCUT2D eigenvalue weighted by atomic mass is 9.99. The molecule has 23 heavy (non-hydrogen) atoms. The third kappa shape index (κ3) is 4.32. The van der Waals surface area contributed by atoms with Crippen molar-refractivity contribution < 1.29 is 29.9 Å². The van der Waals surface area contributed by atoms with Crippen LogP contribution in [0.25, 0.3) is 10.4 Å². The summed E-state index contributed by atoms with van der Waals surface area (Å²) in [4.78, 5) is 2.67. The van der Waals surface area contributed by atoms with Gasteiger partial charge in [0.2, 0.25) is 6.29 Å². The molecule has 2 rings (SSSR count). The topological polar surface area (TPSA) is 148 Å². The number of aliphatic hydroxyl groups excluding tert-OH is 4. The average molecular weight is 325 g/mol. The Kier molecular flexibility index (Phi) is 6.17. The predicted octanol–water partition coefficient (Wildman–Crippen LogP) is -0.282. The van der Waals surface area contributed by atoms with Crippen molar-refractivity contribution in [2.75, 3.05) is 13.2 Å². The standard InChI is InChI=1S/C14H19N3O6/c15-17-16-6-5-8-1-3-9(4-2-8)22-14-13(21)12(20)11(19)10(7-18)23-14/h1-4,10-14,18-21H,5-7H2/t10-,11+,12+,13-,14+/m1/s1. The number of nitrogens with zero attached hydrogens (tertiary/aromatic N) is 3. The normalized spacial score (nSPS) is 30.5. The van der Waals surface area contributed by atoms with E-state index in [1.807, 2.05) is 0 Å². The van der Waals surface area contributed by atoms with Gasteiger partial charge < -0.3 is 29.9 Å². The fourth-order valence-corrected chi connectivity index (χ4v) is 2.26. The van der Waals surface area contributed by atoms with Gasteiger partial charge in [-0.3, -0.25) is 0 Å². The number of azide groups is 1. The van der Waals surface area contributed by atoms with E-state index in [1.54, 1.807) is 24.3 Å². The second-order valence-corrected chi connectivity index (χ2v) is 5.16. The number of hydrogen-bond acceptors (Lipinski definition) is 7. The van der Waals surface area contributed by atoms with Gasteiger partial charge in [0.1, 0.15) is 30.2 Å². The Morgan fingerprint density at radius 2 is 1.83 bits per heavy atom. The fourth-order valence-electron chi connectivity index (χ4n) is 2.26. The fraction of sp³-hybridized carbons (Fsp3) is 0.571. The Morgan fingerprint density at radius 1 is 1.13 bits per heavy atom. The quantitative estimate of drug-likeness (QED) is 0.321. The molecule has 0 saturated carbocycles. The van der Waals surface area contributed by atoms with Crippen LogP contribution in [0.4, 0.5) is 0 Å². The van der Waals surface area contributed by atoms with E-state index in [1.165, 1.54) is 0 Å². The van der Waals surface area contributed by atoms with Crippen LogP contribution in [0.3, 0.4) is 0 Å². The summed E-state index contributed by atoms with van der Waals surface area (Å²) in [6.45, 7) is -0.160. The number of rotatable bonds is 6. The Labute approximate surface area is 132 Å². The Hall–Kier alpha value is -1.87. The first-order valence-electron chi connectivity index (χ1n) is 7.13. The number of benzene rings is 1. The van der Waals surface area contributed by atoms with Crippen LogP contribution < -0.4 is 4.74 Å². The molecule has 0 amide bonds. The van der Waals surface area contributed by atoms with Crippen LogP contribution in [-0.4, -0.2) is 64.3 Å². The zero-order valence-corrected chi connectivity index (χ0v) is 12.3. The minimum absolute atomic E-state index is 0.351. The lowest BCUT2D eigenvalue weighted by Crippen LogP contribution is -2.60. The van der Waals surface area contributed by atoms with Crippen molar-refractivity contribution >= 4 is 0 Å². The first-order chi connectivity index (χ1) is 11.1. The summed E-state index contributed by atoms with van der Waals surface area (Å²) in [5.74, 6) is 0.391. The summed E-state index contributed by atoms with van der Waals surface area (Å²) in [5.41, 5.74) is 9.17. The van der Waals surface area contributed by atoms with E-state index in [0.717, 1.165) is 5.56 Å². The molecule has 1 aromatic rings. The molecule has 0 radical (unpaired) electrons. The van der Waals surface area contributed by atoms with Crippen molar-refractivity contribution in [1.29, 1.82) is 0 Å². The number of ether oxygens (including phenoxy) is 2. The third-order valence-electron chi connectivity index (χ3n) is 3.59. The van der Waals surface area contributed by atoms with Gasteiger partial charge in [0.25, 0.3) is 0 Å². The minimum Gasteiger partial charge on any atom is -0.462 e. The van der Waals surface area contributed by atoms with Gasteiger partial charge in [0.05, 0.1) is 6.61 Å². The molecule has 4 N–H and O–H groups in total. The second kappa shape index (κ2) is 8.11. The summed E-state index contributed by atoms with van der Waals surface area (Å²) in [6, 6.07) is 6.83. The van der Waals surface area contributed by atoms with Gasteiger partial charge in [-0.25, -0.2) is 0 Å². The zero-order valence-electron chi connectivity index (χ0n) is 12.3. The smallest absolute Gasteiger partial charge is 0.229 e. The second-order valence-electron chi connectivity index (χ2n) is 5.16. The molecule has 126 valence electrons. The van der Waals surface area contributed by atoms with Crippen LogP contribution in [0.5, 0.6) is 5.75 Å². The lowest BCUT2D eigenvalue weighted by Gasteiger charge is -2.39. The molecule has 1 aliphatic heterocycles. The summed E-state index contributed by atoms with van der Waals surface area (Å²) in [6.07, 6.45) is -5.98. The summed E-state index contributed by atoms with van der Waals surface area (Å²) >= 11 is 0. The molecule has 1 heterocycles. The molecule has 0 unspecified atom stereocenters. The van der Waals surface area contributed by atoms with E-state index < -0.39 is 37.3 Å². The van der Waals surface area contributed by atoms with Crippen LogP contribution in [0, 0.1) is 0 Å². The highest BCUT2D eigenvalue weighted by molar-refractivity contribution is 5.27. The lowest BCUT2D eigenvalue weighted by molar-refractivity contribution is -0.277. The van der Waals surface area contributed by atoms with Gasteiger partial charge in [-0.2, -0.15) is 0 Å². The van der Waals surface area contributed by atoms with Crippen molar-refractivity contribution in [3.8, 4) is 5.75 Å². The molecule has 1 aromatic carbocycles. The van der Waals surface area contributed by atoms with Crippen molar-refractivity contribution in [2.45, 2.75) is 37.1 Å². The van der Waals surface area contributed by atoms with Gasteiger partial charge in [-0.15, -0.1) is 0 Å². The predicted molar refractivity (Wildman–Crippen MR) is 78.6 cm³/mol. The van der Waals surface area contributed by atoms with Gasteiger partial charge in [0, 0.05) is 11.5 Å². The molecule has 1 saturated heterocycles. The van der Waals surface area contributed by atoms with E-state index >= 15 is 0 Å². The number of aliphatic hydroxyl groups is 4. The SMILES string of the molecule is [N-]=[N+]=NCCc1ccc(O[C@H]2O[C@H](CO)[C@H](O)[C@H](O)[C@H]2O)cc1. The van der Waals surface area contributed by atoms with Crippen molar-refractivity contribution in [3.05, 3.63) is 40.3 Å². The maximum Gasteiger partial charge on any atom is 0.229 e. The third-order valence-corrected chi connectivity index (χ3v) is 3.59. The summed E-state index contributed by atoms with van der Waals surface area (Å²) in [7, 11) is 0. The largest absolute Gasteiger partial charge is 0.462 e. The number of hydrogen-bond donors (Lipinski definition) is 4. The van der Waals surface area contributed by atoms with Gasteiger partial charge >= 0.3 is 0 Å². The van der Waals surface area contributed by atoms with Crippen LogP contribution >= 0.6 is 0 Å². The monoisotopic (exact) mass is 325 g/mol.